The van der Waals surface area contributed by atoms with Crippen LogP contribution < -0.4 is 5.32 Å². The Kier molecular flexibility index (Phi) is 2.72. The molecule has 1 N–H and O–H groups in total. The Labute approximate surface area is 108 Å². The Morgan fingerprint density at radius 2 is 2.00 bits per heavy atom. The number of halogens is 1. The largest absolute Gasteiger partial charge is 0.331 e. The van der Waals surface area contributed by atoms with Crippen molar-refractivity contribution in [1.29, 1.82) is 0 Å². The van der Waals surface area contributed by atoms with E-state index in [1.54, 1.807) is 17.4 Å². The molecule has 1 heterocycles. The summed E-state index contributed by atoms with van der Waals surface area (Å²) >= 11 is 1.57. The van der Waals surface area contributed by atoms with Crippen molar-refractivity contribution in [2.75, 3.05) is 5.32 Å². The van der Waals surface area contributed by atoms with Gasteiger partial charge in [-0.05, 0) is 36.8 Å². The van der Waals surface area contributed by atoms with Gasteiger partial charge in [-0.2, -0.15) is 0 Å². The van der Waals surface area contributed by atoms with Crippen molar-refractivity contribution in [3.05, 3.63) is 53.8 Å². The second kappa shape index (κ2) is 4.38. The molecule has 1 aromatic heterocycles. The van der Waals surface area contributed by atoms with E-state index >= 15 is 0 Å². The van der Waals surface area contributed by atoms with Crippen LogP contribution in [0.3, 0.4) is 0 Å². The van der Waals surface area contributed by atoms with Crippen LogP contribution in [0.1, 0.15) is 5.56 Å². The molecular formula is C14H11FN2S. The Balaban J connectivity index is 1.98. The third kappa shape index (κ3) is 2.07. The number of para-hydroxylation sites is 1. The highest BCUT2D eigenvalue weighted by atomic mass is 32.1. The summed E-state index contributed by atoms with van der Waals surface area (Å²) in [7, 11) is 0. The zero-order chi connectivity index (χ0) is 12.5. The minimum absolute atomic E-state index is 0.253. The Morgan fingerprint density at radius 3 is 2.78 bits per heavy atom. The third-order valence-corrected chi connectivity index (χ3v) is 3.63. The fourth-order valence-corrected chi connectivity index (χ4v) is 2.79. The first-order valence-corrected chi connectivity index (χ1v) is 6.43. The predicted octanol–water partition coefficient (Wildman–Crippen LogP) is 4.49. The van der Waals surface area contributed by atoms with Crippen LogP contribution >= 0.6 is 11.3 Å². The van der Waals surface area contributed by atoms with Gasteiger partial charge in [0.2, 0.25) is 0 Å². The van der Waals surface area contributed by atoms with Crippen molar-refractivity contribution in [1.82, 2.24) is 4.98 Å². The van der Waals surface area contributed by atoms with Crippen molar-refractivity contribution in [2.24, 2.45) is 0 Å². The fraction of sp³-hybridized carbons (Fsp3) is 0.0714. The van der Waals surface area contributed by atoms with E-state index in [0.717, 1.165) is 20.9 Å². The summed E-state index contributed by atoms with van der Waals surface area (Å²) < 4.78 is 14.2. The van der Waals surface area contributed by atoms with E-state index in [-0.39, 0.29) is 5.82 Å². The number of aryl methyl sites for hydroxylation is 1. The van der Waals surface area contributed by atoms with E-state index < -0.39 is 0 Å². The van der Waals surface area contributed by atoms with Gasteiger partial charge >= 0.3 is 0 Å². The first-order valence-electron chi connectivity index (χ1n) is 5.61. The number of rotatable bonds is 2. The van der Waals surface area contributed by atoms with Crippen molar-refractivity contribution < 1.29 is 4.39 Å². The molecule has 0 aliphatic rings. The number of nitrogens with zero attached hydrogens (tertiary/aromatic N) is 1. The van der Waals surface area contributed by atoms with Gasteiger partial charge in [-0.3, -0.25) is 0 Å². The SMILES string of the molecule is Cc1cccc2sc(Nc3cccc(F)c3)nc12. The van der Waals surface area contributed by atoms with Crippen molar-refractivity contribution in [3.63, 3.8) is 0 Å². The van der Waals surface area contributed by atoms with Crippen molar-refractivity contribution >= 4 is 32.4 Å². The number of benzene rings is 2. The van der Waals surface area contributed by atoms with Gasteiger partial charge in [-0.25, -0.2) is 9.37 Å². The van der Waals surface area contributed by atoms with Crippen LogP contribution in [0.4, 0.5) is 15.2 Å². The maximum absolute atomic E-state index is 13.1. The van der Waals surface area contributed by atoms with E-state index in [9.17, 15) is 4.39 Å². The molecule has 18 heavy (non-hydrogen) atoms. The molecule has 3 aromatic rings. The zero-order valence-electron chi connectivity index (χ0n) is 9.77. The number of aromatic nitrogens is 1. The number of anilines is 2. The van der Waals surface area contributed by atoms with Gasteiger partial charge in [0.15, 0.2) is 5.13 Å². The molecule has 0 bridgehead atoms. The molecule has 0 radical (unpaired) electrons. The van der Waals surface area contributed by atoms with Gasteiger partial charge in [0.25, 0.3) is 0 Å². The highest BCUT2D eigenvalue weighted by molar-refractivity contribution is 7.22. The molecule has 0 amide bonds. The van der Waals surface area contributed by atoms with E-state index in [0.29, 0.717) is 5.69 Å². The maximum Gasteiger partial charge on any atom is 0.188 e. The standard InChI is InChI=1S/C14H11FN2S/c1-9-4-2-7-12-13(9)17-14(18-12)16-11-6-3-5-10(15)8-11/h2-8H,1H3,(H,16,17). The van der Waals surface area contributed by atoms with Crippen LogP contribution in [0, 0.1) is 12.7 Å². The lowest BCUT2D eigenvalue weighted by atomic mass is 10.2. The minimum atomic E-state index is -0.253. The first kappa shape index (κ1) is 11.2. The van der Waals surface area contributed by atoms with Gasteiger partial charge in [-0.1, -0.05) is 29.5 Å². The molecule has 0 aliphatic carbocycles. The molecule has 0 spiro atoms. The molecule has 0 unspecified atom stereocenters. The first-order chi connectivity index (χ1) is 8.72. The zero-order valence-corrected chi connectivity index (χ0v) is 10.6. The van der Waals surface area contributed by atoms with Gasteiger partial charge < -0.3 is 5.32 Å². The predicted molar refractivity (Wildman–Crippen MR) is 74.0 cm³/mol. The van der Waals surface area contributed by atoms with Crippen molar-refractivity contribution in [2.45, 2.75) is 6.92 Å². The van der Waals surface area contributed by atoms with Crippen LogP contribution in [-0.4, -0.2) is 4.98 Å². The summed E-state index contributed by atoms with van der Waals surface area (Å²) in [6.07, 6.45) is 0. The number of hydrogen-bond acceptors (Lipinski definition) is 3. The number of thiazole rings is 1. The highest BCUT2D eigenvalue weighted by Gasteiger charge is 2.06. The quantitative estimate of drug-likeness (QED) is 0.732. The number of nitrogens with one attached hydrogen (secondary N) is 1. The van der Waals surface area contributed by atoms with Crippen LogP contribution in [0.15, 0.2) is 42.5 Å². The minimum Gasteiger partial charge on any atom is -0.331 e. The number of fused-ring (bicyclic) bond motifs is 1. The van der Waals surface area contributed by atoms with Gasteiger partial charge in [0.05, 0.1) is 10.2 Å². The molecule has 0 atom stereocenters. The summed E-state index contributed by atoms with van der Waals surface area (Å²) in [4.78, 5) is 4.52. The van der Waals surface area contributed by atoms with Crippen LogP contribution in [-0.2, 0) is 0 Å². The van der Waals surface area contributed by atoms with Crippen LogP contribution in [0.25, 0.3) is 10.2 Å². The molecule has 0 aliphatic heterocycles. The maximum atomic E-state index is 13.1. The summed E-state index contributed by atoms with van der Waals surface area (Å²) in [5.74, 6) is -0.253. The van der Waals surface area contributed by atoms with E-state index in [1.165, 1.54) is 12.1 Å². The summed E-state index contributed by atoms with van der Waals surface area (Å²) in [6.45, 7) is 2.04. The van der Waals surface area contributed by atoms with Crippen LogP contribution in [0.5, 0.6) is 0 Å². The number of hydrogen-bond donors (Lipinski definition) is 1. The monoisotopic (exact) mass is 258 g/mol. The Bertz CT molecular complexity index is 706. The summed E-state index contributed by atoms with van der Waals surface area (Å²) in [5, 5.41) is 3.91. The lowest BCUT2D eigenvalue weighted by Crippen LogP contribution is -1.89. The fourth-order valence-electron chi connectivity index (χ4n) is 1.83. The van der Waals surface area contributed by atoms with Crippen molar-refractivity contribution in [3.8, 4) is 0 Å². The molecule has 2 nitrogen and oxygen atoms in total. The lowest BCUT2D eigenvalue weighted by Gasteiger charge is -2.01. The molecule has 0 saturated heterocycles. The van der Waals surface area contributed by atoms with Gasteiger partial charge in [-0.15, -0.1) is 0 Å². The van der Waals surface area contributed by atoms with Gasteiger partial charge in [0.1, 0.15) is 5.82 Å². The molecule has 0 saturated carbocycles. The Morgan fingerprint density at radius 1 is 1.17 bits per heavy atom. The van der Waals surface area contributed by atoms with E-state index in [2.05, 4.69) is 10.3 Å². The normalized spacial score (nSPS) is 10.8. The highest BCUT2D eigenvalue weighted by Crippen LogP contribution is 2.29. The molecule has 4 heteroatoms. The average molecular weight is 258 g/mol. The topological polar surface area (TPSA) is 24.9 Å². The molecular weight excluding hydrogens is 247 g/mol. The Hall–Kier alpha value is -1.94. The second-order valence-corrected chi connectivity index (χ2v) is 5.11. The molecule has 2 aromatic carbocycles. The molecule has 3 rings (SSSR count). The molecule has 0 fully saturated rings. The molecule has 90 valence electrons. The average Bonchev–Trinajstić information content (AvgIpc) is 2.73. The van der Waals surface area contributed by atoms with E-state index in [1.807, 2.05) is 31.2 Å². The third-order valence-electron chi connectivity index (χ3n) is 2.70. The van der Waals surface area contributed by atoms with Gasteiger partial charge in [0, 0.05) is 5.69 Å². The van der Waals surface area contributed by atoms with E-state index in [4.69, 9.17) is 0 Å². The lowest BCUT2D eigenvalue weighted by molar-refractivity contribution is 0.628. The summed E-state index contributed by atoms with van der Waals surface area (Å²) in [6, 6.07) is 12.5. The second-order valence-electron chi connectivity index (χ2n) is 4.08. The van der Waals surface area contributed by atoms with Crippen LogP contribution in [0.2, 0.25) is 0 Å². The summed E-state index contributed by atoms with van der Waals surface area (Å²) in [5.41, 5.74) is 2.86. The smallest absolute Gasteiger partial charge is 0.188 e.